The van der Waals surface area contributed by atoms with Crippen LogP contribution in [-0.2, 0) is 16.0 Å². The van der Waals surface area contributed by atoms with Crippen molar-refractivity contribution in [2.45, 2.75) is 46.0 Å². The lowest BCUT2D eigenvalue weighted by molar-refractivity contribution is -0.121. The highest BCUT2D eigenvalue weighted by atomic mass is 32.1. The fourth-order valence-electron chi connectivity index (χ4n) is 2.62. The molecule has 2 amide bonds. The van der Waals surface area contributed by atoms with Gasteiger partial charge in [-0.25, -0.2) is 4.98 Å². The number of nitrogens with one attached hydrogen (secondary N) is 2. The lowest BCUT2D eigenvalue weighted by Gasteiger charge is -2.06. The van der Waals surface area contributed by atoms with E-state index in [0.717, 1.165) is 41.9 Å². The highest BCUT2D eigenvalue weighted by Crippen LogP contribution is 2.21. The van der Waals surface area contributed by atoms with Crippen molar-refractivity contribution < 1.29 is 9.59 Å². The second-order valence-electron chi connectivity index (χ2n) is 6.34. The van der Waals surface area contributed by atoms with E-state index in [-0.39, 0.29) is 11.8 Å². The molecule has 140 valence electrons. The molecule has 2 aromatic rings. The summed E-state index contributed by atoms with van der Waals surface area (Å²) >= 11 is 1.66. The SMILES string of the molecule is CC(=O)NCCCCCC(=O)NCCc1ccc(-c2csc(C)n2)cc1. The van der Waals surface area contributed by atoms with Gasteiger partial charge in [-0.2, -0.15) is 0 Å². The molecular weight excluding hydrogens is 346 g/mol. The van der Waals surface area contributed by atoms with Crippen LogP contribution in [0.15, 0.2) is 29.6 Å². The smallest absolute Gasteiger partial charge is 0.220 e. The van der Waals surface area contributed by atoms with Gasteiger partial charge in [0.05, 0.1) is 10.7 Å². The fraction of sp³-hybridized carbons (Fsp3) is 0.450. The van der Waals surface area contributed by atoms with Crippen LogP contribution in [0.2, 0.25) is 0 Å². The van der Waals surface area contributed by atoms with Crippen molar-refractivity contribution in [2.75, 3.05) is 13.1 Å². The minimum absolute atomic E-state index is 0.00234. The molecule has 0 aliphatic heterocycles. The molecule has 0 spiro atoms. The third kappa shape index (κ3) is 7.35. The number of benzene rings is 1. The summed E-state index contributed by atoms with van der Waals surface area (Å²) < 4.78 is 0. The van der Waals surface area contributed by atoms with Crippen LogP contribution in [0.1, 0.15) is 43.2 Å². The van der Waals surface area contributed by atoms with Gasteiger partial charge in [0.2, 0.25) is 11.8 Å². The molecule has 0 saturated carbocycles. The Labute approximate surface area is 159 Å². The van der Waals surface area contributed by atoms with Crippen molar-refractivity contribution in [3.05, 3.63) is 40.2 Å². The van der Waals surface area contributed by atoms with E-state index in [4.69, 9.17) is 0 Å². The highest BCUT2D eigenvalue weighted by Gasteiger charge is 2.04. The van der Waals surface area contributed by atoms with Crippen molar-refractivity contribution in [3.8, 4) is 11.3 Å². The summed E-state index contributed by atoms with van der Waals surface area (Å²) in [6.45, 7) is 4.86. The van der Waals surface area contributed by atoms with Crippen molar-refractivity contribution >= 4 is 23.2 Å². The van der Waals surface area contributed by atoms with E-state index in [0.29, 0.717) is 19.5 Å². The highest BCUT2D eigenvalue weighted by molar-refractivity contribution is 7.09. The minimum Gasteiger partial charge on any atom is -0.356 e. The summed E-state index contributed by atoms with van der Waals surface area (Å²) in [5, 5.41) is 8.87. The molecule has 0 aliphatic rings. The standard InChI is InChI=1S/C20H27N3O2S/c1-15(24)21-12-5-3-4-6-20(25)22-13-11-17-7-9-18(10-8-17)19-14-26-16(2)23-19/h7-10,14H,3-6,11-13H2,1-2H3,(H,21,24)(H,22,25). The fourth-order valence-corrected chi connectivity index (χ4v) is 3.25. The zero-order valence-electron chi connectivity index (χ0n) is 15.5. The van der Waals surface area contributed by atoms with E-state index in [1.807, 2.05) is 6.92 Å². The summed E-state index contributed by atoms with van der Waals surface area (Å²) in [7, 11) is 0. The molecule has 2 N–H and O–H groups in total. The van der Waals surface area contributed by atoms with E-state index < -0.39 is 0 Å². The number of aromatic nitrogens is 1. The van der Waals surface area contributed by atoms with Gasteiger partial charge in [0.25, 0.3) is 0 Å². The number of hydrogen-bond acceptors (Lipinski definition) is 4. The summed E-state index contributed by atoms with van der Waals surface area (Å²) in [4.78, 5) is 27.1. The Kier molecular flexibility index (Phi) is 8.28. The molecule has 0 unspecified atom stereocenters. The summed E-state index contributed by atoms with van der Waals surface area (Å²) in [6, 6.07) is 8.36. The number of carbonyl (C=O) groups excluding carboxylic acids is 2. The van der Waals surface area contributed by atoms with Crippen LogP contribution in [-0.4, -0.2) is 29.9 Å². The zero-order valence-corrected chi connectivity index (χ0v) is 16.3. The first kappa shape index (κ1) is 20.1. The average molecular weight is 374 g/mol. The molecule has 6 heteroatoms. The predicted octanol–water partition coefficient (Wildman–Crippen LogP) is 3.47. The largest absolute Gasteiger partial charge is 0.356 e. The van der Waals surface area contributed by atoms with Gasteiger partial charge < -0.3 is 10.6 Å². The van der Waals surface area contributed by atoms with E-state index in [1.165, 1.54) is 12.5 Å². The molecule has 1 aromatic heterocycles. The maximum atomic E-state index is 11.8. The Bertz CT molecular complexity index is 710. The van der Waals surface area contributed by atoms with E-state index in [1.54, 1.807) is 11.3 Å². The summed E-state index contributed by atoms with van der Waals surface area (Å²) in [5.41, 5.74) is 3.35. The molecule has 0 bridgehead atoms. The van der Waals surface area contributed by atoms with Crippen molar-refractivity contribution in [1.29, 1.82) is 0 Å². The van der Waals surface area contributed by atoms with Gasteiger partial charge in [-0.15, -0.1) is 11.3 Å². The third-order valence-corrected chi connectivity index (χ3v) is 4.83. The van der Waals surface area contributed by atoms with Gasteiger partial charge in [-0.1, -0.05) is 30.7 Å². The van der Waals surface area contributed by atoms with Gasteiger partial charge in [-0.3, -0.25) is 9.59 Å². The molecule has 2 rings (SSSR count). The Morgan fingerprint density at radius 1 is 1.04 bits per heavy atom. The second-order valence-corrected chi connectivity index (χ2v) is 7.40. The van der Waals surface area contributed by atoms with Crippen LogP contribution in [0.3, 0.4) is 0 Å². The maximum Gasteiger partial charge on any atom is 0.220 e. The van der Waals surface area contributed by atoms with Gasteiger partial charge in [-0.05, 0) is 31.7 Å². The number of carbonyl (C=O) groups is 2. The molecule has 5 nitrogen and oxygen atoms in total. The number of hydrogen-bond donors (Lipinski definition) is 2. The first-order chi connectivity index (χ1) is 12.5. The van der Waals surface area contributed by atoms with Gasteiger partial charge in [0.1, 0.15) is 0 Å². The Morgan fingerprint density at radius 2 is 1.81 bits per heavy atom. The van der Waals surface area contributed by atoms with Gasteiger partial charge in [0.15, 0.2) is 0 Å². The maximum absolute atomic E-state index is 11.8. The monoisotopic (exact) mass is 373 g/mol. The molecule has 0 radical (unpaired) electrons. The quantitative estimate of drug-likeness (QED) is 0.627. The van der Waals surface area contributed by atoms with E-state index in [2.05, 4.69) is 45.3 Å². The molecular formula is C20H27N3O2S. The topological polar surface area (TPSA) is 71.1 Å². The van der Waals surface area contributed by atoms with E-state index >= 15 is 0 Å². The molecule has 1 heterocycles. The van der Waals surface area contributed by atoms with Crippen molar-refractivity contribution in [2.24, 2.45) is 0 Å². The molecule has 26 heavy (non-hydrogen) atoms. The number of amides is 2. The van der Waals surface area contributed by atoms with Crippen molar-refractivity contribution in [1.82, 2.24) is 15.6 Å². The Morgan fingerprint density at radius 3 is 2.46 bits per heavy atom. The average Bonchev–Trinajstić information content (AvgIpc) is 3.05. The molecule has 1 aromatic carbocycles. The van der Waals surface area contributed by atoms with Crippen LogP contribution in [0, 0.1) is 6.92 Å². The van der Waals surface area contributed by atoms with Crippen LogP contribution >= 0.6 is 11.3 Å². The molecule has 0 aliphatic carbocycles. The number of aryl methyl sites for hydroxylation is 1. The first-order valence-corrected chi connectivity index (χ1v) is 9.95. The number of nitrogens with zero attached hydrogens (tertiary/aromatic N) is 1. The van der Waals surface area contributed by atoms with E-state index in [9.17, 15) is 9.59 Å². The van der Waals surface area contributed by atoms with Crippen LogP contribution in [0.25, 0.3) is 11.3 Å². The number of unbranched alkanes of at least 4 members (excludes halogenated alkanes) is 2. The summed E-state index contributed by atoms with van der Waals surface area (Å²) in [5.74, 6) is 0.0940. The summed E-state index contributed by atoms with van der Waals surface area (Å²) in [6.07, 6.45) is 4.09. The van der Waals surface area contributed by atoms with Crippen molar-refractivity contribution in [3.63, 3.8) is 0 Å². The third-order valence-electron chi connectivity index (χ3n) is 4.06. The molecule has 0 fully saturated rings. The Balaban J connectivity index is 1.60. The lowest BCUT2D eigenvalue weighted by Crippen LogP contribution is -2.25. The Hall–Kier alpha value is -2.21. The minimum atomic E-state index is -0.00234. The van der Waals surface area contributed by atoms with Crippen LogP contribution in [0.5, 0.6) is 0 Å². The van der Waals surface area contributed by atoms with Gasteiger partial charge in [0, 0.05) is 37.4 Å². The lowest BCUT2D eigenvalue weighted by atomic mass is 10.1. The van der Waals surface area contributed by atoms with Crippen LogP contribution in [0.4, 0.5) is 0 Å². The van der Waals surface area contributed by atoms with Crippen LogP contribution < -0.4 is 10.6 Å². The number of thiazole rings is 1. The zero-order chi connectivity index (χ0) is 18.8. The second kappa shape index (κ2) is 10.7. The number of rotatable bonds is 10. The molecule has 0 saturated heterocycles. The van der Waals surface area contributed by atoms with Gasteiger partial charge >= 0.3 is 0 Å². The molecule has 0 atom stereocenters. The normalized spacial score (nSPS) is 10.5. The first-order valence-electron chi connectivity index (χ1n) is 9.07. The predicted molar refractivity (Wildman–Crippen MR) is 106 cm³/mol.